The zero-order valence-electron chi connectivity index (χ0n) is 12.1. The molecule has 2 aromatic heterocycles. The van der Waals surface area contributed by atoms with Crippen molar-refractivity contribution in [3.63, 3.8) is 0 Å². The molecule has 0 aromatic carbocycles. The van der Waals surface area contributed by atoms with Gasteiger partial charge in [-0.2, -0.15) is 0 Å². The summed E-state index contributed by atoms with van der Waals surface area (Å²) in [5, 5.41) is 0.245. The third-order valence-electron chi connectivity index (χ3n) is 3.80. The fourth-order valence-corrected chi connectivity index (χ4v) is 4.51. The number of furan rings is 1. The zero-order chi connectivity index (χ0) is 15.7. The molecule has 3 heterocycles. The van der Waals surface area contributed by atoms with Crippen molar-refractivity contribution in [2.75, 3.05) is 18.8 Å². The standard InChI is InChI=1S/C14H16N2O4S2/c1-10-4-5-16(6-8-22(10,18)19)14(17)12-9-15-13(21-12)11-3-2-7-20-11/h2-3,7,9-10H,4-6,8H2,1H3/t10-/m0/s1. The van der Waals surface area contributed by atoms with Crippen molar-refractivity contribution >= 4 is 27.1 Å². The highest BCUT2D eigenvalue weighted by Gasteiger charge is 2.29. The second kappa shape index (κ2) is 5.85. The molecule has 0 saturated carbocycles. The fraction of sp³-hybridized carbons (Fsp3) is 0.429. The van der Waals surface area contributed by atoms with Crippen LogP contribution in [0.4, 0.5) is 0 Å². The van der Waals surface area contributed by atoms with Gasteiger partial charge in [0, 0.05) is 13.1 Å². The predicted molar refractivity (Wildman–Crippen MR) is 83.6 cm³/mol. The minimum atomic E-state index is -3.10. The van der Waals surface area contributed by atoms with Gasteiger partial charge in [0.05, 0.1) is 23.5 Å². The summed E-state index contributed by atoms with van der Waals surface area (Å²) in [4.78, 5) is 18.8. The van der Waals surface area contributed by atoms with E-state index in [0.29, 0.717) is 28.6 Å². The van der Waals surface area contributed by atoms with E-state index in [9.17, 15) is 13.2 Å². The topological polar surface area (TPSA) is 80.5 Å². The number of hydrogen-bond donors (Lipinski definition) is 0. The zero-order valence-corrected chi connectivity index (χ0v) is 13.7. The van der Waals surface area contributed by atoms with Gasteiger partial charge in [0.2, 0.25) is 0 Å². The Hall–Kier alpha value is -1.67. The van der Waals surface area contributed by atoms with Crippen LogP contribution in [0.3, 0.4) is 0 Å². The minimum Gasteiger partial charge on any atom is -0.462 e. The van der Waals surface area contributed by atoms with Gasteiger partial charge in [0.25, 0.3) is 5.91 Å². The van der Waals surface area contributed by atoms with Gasteiger partial charge in [-0.15, -0.1) is 11.3 Å². The SMILES string of the molecule is C[C@H]1CCN(C(=O)c2cnc(-c3ccco3)s2)CCS1(=O)=O. The second-order valence-electron chi connectivity index (χ2n) is 5.27. The Bertz CT molecular complexity index is 765. The number of hydrogen-bond acceptors (Lipinski definition) is 6. The van der Waals surface area contributed by atoms with E-state index in [2.05, 4.69) is 4.98 Å². The summed E-state index contributed by atoms with van der Waals surface area (Å²) in [7, 11) is -3.10. The van der Waals surface area contributed by atoms with Crippen LogP contribution in [0, 0.1) is 0 Å². The number of aromatic nitrogens is 1. The van der Waals surface area contributed by atoms with Crippen LogP contribution < -0.4 is 0 Å². The number of thiazole rings is 1. The monoisotopic (exact) mass is 340 g/mol. The number of sulfone groups is 1. The average Bonchev–Trinajstić information content (AvgIpc) is 3.14. The van der Waals surface area contributed by atoms with Gasteiger partial charge < -0.3 is 9.32 Å². The molecule has 2 aromatic rings. The molecule has 1 saturated heterocycles. The van der Waals surface area contributed by atoms with E-state index in [1.54, 1.807) is 30.2 Å². The Balaban J connectivity index is 1.77. The molecule has 0 unspecified atom stereocenters. The lowest BCUT2D eigenvalue weighted by Gasteiger charge is -2.18. The van der Waals surface area contributed by atoms with Crippen molar-refractivity contribution in [2.24, 2.45) is 0 Å². The van der Waals surface area contributed by atoms with Crippen molar-refractivity contribution in [1.82, 2.24) is 9.88 Å². The van der Waals surface area contributed by atoms with E-state index in [0.717, 1.165) is 0 Å². The summed E-state index contributed by atoms with van der Waals surface area (Å²) in [6.07, 6.45) is 3.55. The first kappa shape index (κ1) is 15.2. The number of amides is 1. The van der Waals surface area contributed by atoms with Crippen molar-refractivity contribution in [2.45, 2.75) is 18.6 Å². The van der Waals surface area contributed by atoms with E-state index in [-0.39, 0.29) is 18.2 Å². The van der Waals surface area contributed by atoms with E-state index in [4.69, 9.17) is 4.42 Å². The molecule has 0 spiro atoms. The molecule has 1 aliphatic rings. The number of carbonyl (C=O) groups is 1. The third kappa shape index (κ3) is 2.93. The van der Waals surface area contributed by atoms with E-state index in [1.165, 1.54) is 17.5 Å². The first-order valence-corrected chi connectivity index (χ1v) is 9.51. The quantitative estimate of drug-likeness (QED) is 0.836. The number of nitrogens with zero attached hydrogens (tertiary/aromatic N) is 2. The smallest absolute Gasteiger partial charge is 0.265 e. The van der Waals surface area contributed by atoms with Crippen molar-refractivity contribution in [1.29, 1.82) is 0 Å². The molecule has 118 valence electrons. The molecule has 22 heavy (non-hydrogen) atoms. The first-order chi connectivity index (χ1) is 10.5. The highest BCUT2D eigenvalue weighted by atomic mass is 32.2. The van der Waals surface area contributed by atoms with Crippen LogP contribution in [0.15, 0.2) is 29.0 Å². The molecule has 0 bridgehead atoms. The Labute approximate surface area is 132 Å². The normalized spacial score (nSPS) is 21.5. The van der Waals surface area contributed by atoms with Crippen molar-refractivity contribution in [3.8, 4) is 10.8 Å². The maximum Gasteiger partial charge on any atom is 0.265 e. The molecular weight excluding hydrogens is 324 g/mol. The summed E-state index contributed by atoms with van der Waals surface area (Å²) in [6, 6.07) is 3.55. The highest BCUT2D eigenvalue weighted by molar-refractivity contribution is 7.92. The van der Waals surface area contributed by atoms with Crippen LogP contribution in [0.25, 0.3) is 10.8 Å². The van der Waals surface area contributed by atoms with Crippen LogP contribution in [0.5, 0.6) is 0 Å². The van der Waals surface area contributed by atoms with Gasteiger partial charge >= 0.3 is 0 Å². The molecule has 0 aliphatic carbocycles. The predicted octanol–water partition coefficient (Wildman–Crippen LogP) is 2.05. The molecule has 1 fully saturated rings. The molecule has 0 radical (unpaired) electrons. The van der Waals surface area contributed by atoms with E-state index >= 15 is 0 Å². The van der Waals surface area contributed by atoms with Gasteiger partial charge in [0.1, 0.15) is 4.88 Å². The molecule has 1 atom stereocenters. The van der Waals surface area contributed by atoms with Crippen LogP contribution in [0.1, 0.15) is 23.0 Å². The van der Waals surface area contributed by atoms with Crippen LogP contribution in [-0.4, -0.2) is 48.3 Å². The maximum absolute atomic E-state index is 12.5. The van der Waals surface area contributed by atoms with Gasteiger partial charge in [-0.05, 0) is 25.5 Å². The Kier molecular flexibility index (Phi) is 4.05. The number of carbonyl (C=O) groups excluding carboxylic acids is 1. The Morgan fingerprint density at radius 3 is 3.00 bits per heavy atom. The van der Waals surface area contributed by atoms with Gasteiger partial charge in [-0.3, -0.25) is 4.79 Å². The number of rotatable bonds is 2. The largest absolute Gasteiger partial charge is 0.462 e. The summed E-state index contributed by atoms with van der Waals surface area (Å²) in [5.74, 6) is 0.472. The van der Waals surface area contributed by atoms with Crippen molar-refractivity contribution < 1.29 is 17.6 Å². The summed E-state index contributed by atoms with van der Waals surface area (Å²) >= 11 is 1.25. The van der Waals surface area contributed by atoms with Gasteiger partial charge in [-0.1, -0.05) is 0 Å². The van der Waals surface area contributed by atoms with Crippen LogP contribution in [0.2, 0.25) is 0 Å². The summed E-state index contributed by atoms with van der Waals surface area (Å²) in [5.41, 5.74) is 0. The molecule has 1 aliphatic heterocycles. The first-order valence-electron chi connectivity index (χ1n) is 6.98. The van der Waals surface area contributed by atoms with E-state index < -0.39 is 15.1 Å². The lowest BCUT2D eigenvalue weighted by Crippen LogP contribution is -2.33. The Morgan fingerprint density at radius 2 is 2.27 bits per heavy atom. The van der Waals surface area contributed by atoms with Crippen LogP contribution in [-0.2, 0) is 9.84 Å². The minimum absolute atomic E-state index is 0.0176. The average molecular weight is 340 g/mol. The molecule has 1 amide bonds. The van der Waals surface area contributed by atoms with Gasteiger partial charge in [0.15, 0.2) is 20.6 Å². The molecule has 3 rings (SSSR count). The van der Waals surface area contributed by atoms with Crippen molar-refractivity contribution in [3.05, 3.63) is 29.5 Å². The lowest BCUT2D eigenvalue weighted by atomic mass is 10.3. The highest BCUT2D eigenvalue weighted by Crippen LogP contribution is 2.26. The van der Waals surface area contributed by atoms with E-state index in [1.807, 2.05) is 0 Å². The molecule has 6 nitrogen and oxygen atoms in total. The third-order valence-corrected chi connectivity index (χ3v) is 7.01. The molecular formula is C14H16N2O4S2. The van der Waals surface area contributed by atoms with Gasteiger partial charge in [-0.25, -0.2) is 13.4 Å². The summed E-state index contributed by atoms with van der Waals surface area (Å²) in [6.45, 7) is 2.39. The second-order valence-corrected chi connectivity index (χ2v) is 8.83. The Morgan fingerprint density at radius 1 is 1.45 bits per heavy atom. The molecule has 8 heteroatoms. The maximum atomic E-state index is 12.5. The van der Waals surface area contributed by atoms with Crippen LogP contribution >= 0.6 is 11.3 Å². The summed E-state index contributed by atoms with van der Waals surface area (Å²) < 4.78 is 29.1. The fourth-order valence-electron chi connectivity index (χ4n) is 2.31. The lowest BCUT2D eigenvalue weighted by molar-refractivity contribution is 0.0771. The molecule has 0 N–H and O–H groups in total.